The molecule has 0 spiro atoms. The van der Waals surface area contributed by atoms with Crippen molar-refractivity contribution in [3.8, 4) is 6.07 Å². The highest BCUT2D eigenvalue weighted by Gasteiger charge is 2.36. The topological polar surface area (TPSA) is 48.2 Å². The zero-order valence-corrected chi connectivity index (χ0v) is 10.4. The summed E-state index contributed by atoms with van der Waals surface area (Å²) in [5.41, 5.74) is 1.17. The molecule has 0 radical (unpaired) electrons. The molecule has 0 atom stereocenters. The first-order valence-electron chi connectivity index (χ1n) is 5.86. The fourth-order valence-electron chi connectivity index (χ4n) is 2.27. The third kappa shape index (κ3) is 3.07. The molecule has 1 N–H and O–H groups in total. The highest BCUT2D eigenvalue weighted by Crippen LogP contribution is 2.36. The van der Waals surface area contributed by atoms with Gasteiger partial charge in [0.2, 0.25) is 0 Å². The molecule has 17 heavy (non-hydrogen) atoms. The third-order valence-corrected chi connectivity index (χ3v) is 3.05. The predicted molar refractivity (Wildman–Crippen MR) is 71.5 cm³/mol. The van der Waals surface area contributed by atoms with Gasteiger partial charge >= 0.3 is 0 Å². The van der Waals surface area contributed by atoms with Crippen LogP contribution < -0.4 is 5.32 Å². The number of nitrogens with one attached hydrogen (secondary N) is 1. The number of hydrogen-bond donors (Lipinski definition) is 1. The Labute approximate surface area is 103 Å². The minimum atomic E-state index is -0.173. The van der Waals surface area contributed by atoms with E-state index in [0.29, 0.717) is 5.71 Å². The van der Waals surface area contributed by atoms with Crippen LogP contribution in [0.25, 0.3) is 0 Å². The number of nitrogens with zero attached hydrogens (tertiary/aromatic N) is 2. The second-order valence-electron chi connectivity index (χ2n) is 4.23. The molecule has 1 aliphatic rings. The number of rotatable bonds is 5. The van der Waals surface area contributed by atoms with Crippen LogP contribution >= 0.6 is 0 Å². The van der Waals surface area contributed by atoms with Crippen molar-refractivity contribution in [2.24, 2.45) is 4.99 Å². The minimum absolute atomic E-state index is 0.173. The van der Waals surface area contributed by atoms with E-state index in [1.54, 1.807) is 19.2 Å². The van der Waals surface area contributed by atoms with E-state index in [0.717, 1.165) is 31.4 Å². The Morgan fingerprint density at radius 1 is 1.41 bits per heavy atom. The molecular weight excluding hydrogens is 210 g/mol. The average molecular weight is 229 g/mol. The highest BCUT2D eigenvalue weighted by atomic mass is 15.0. The van der Waals surface area contributed by atoms with E-state index in [4.69, 9.17) is 5.26 Å². The fraction of sp³-hybridized carbons (Fsp3) is 0.429. The molecule has 0 aliphatic heterocycles. The van der Waals surface area contributed by atoms with E-state index in [1.807, 2.05) is 6.08 Å². The van der Waals surface area contributed by atoms with Gasteiger partial charge in [0.15, 0.2) is 0 Å². The molecule has 0 bridgehead atoms. The van der Waals surface area contributed by atoms with Gasteiger partial charge in [-0.3, -0.25) is 0 Å². The van der Waals surface area contributed by atoms with Gasteiger partial charge in [-0.2, -0.15) is 5.26 Å². The molecule has 1 fully saturated rings. The van der Waals surface area contributed by atoms with Gasteiger partial charge < -0.3 is 5.32 Å². The van der Waals surface area contributed by atoms with Crippen LogP contribution in [-0.2, 0) is 0 Å². The first-order valence-corrected chi connectivity index (χ1v) is 5.86. The summed E-state index contributed by atoms with van der Waals surface area (Å²) in [7, 11) is 0. The SMILES string of the molecule is C=C/C=C(\N=C(C)C#N)C1(NC=C)CCCC1. The Morgan fingerprint density at radius 2 is 2.06 bits per heavy atom. The van der Waals surface area contributed by atoms with Crippen LogP contribution in [0, 0.1) is 11.3 Å². The third-order valence-electron chi connectivity index (χ3n) is 3.05. The van der Waals surface area contributed by atoms with Crippen LogP contribution in [0.5, 0.6) is 0 Å². The Kier molecular flexibility index (Phi) is 4.71. The molecule has 0 aromatic heterocycles. The van der Waals surface area contributed by atoms with E-state index in [9.17, 15) is 0 Å². The molecule has 0 heterocycles. The van der Waals surface area contributed by atoms with Crippen molar-refractivity contribution in [1.29, 1.82) is 5.26 Å². The van der Waals surface area contributed by atoms with Gasteiger partial charge in [-0.05, 0) is 32.0 Å². The van der Waals surface area contributed by atoms with Gasteiger partial charge in [0, 0.05) is 0 Å². The van der Waals surface area contributed by atoms with Crippen molar-refractivity contribution in [3.05, 3.63) is 37.2 Å². The molecule has 0 aromatic rings. The molecular formula is C14H19N3. The molecule has 0 aromatic carbocycles. The second kappa shape index (κ2) is 6.05. The monoisotopic (exact) mass is 229 g/mol. The number of nitriles is 1. The van der Waals surface area contributed by atoms with Crippen molar-refractivity contribution >= 4 is 5.71 Å². The van der Waals surface area contributed by atoms with Crippen LogP contribution in [0.2, 0.25) is 0 Å². The minimum Gasteiger partial charge on any atom is -0.380 e. The number of allylic oxidation sites excluding steroid dienone is 2. The maximum absolute atomic E-state index is 8.83. The average Bonchev–Trinajstić information content (AvgIpc) is 2.78. The Hall–Kier alpha value is -1.82. The lowest BCUT2D eigenvalue weighted by Crippen LogP contribution is -2.40. The quantitative estimate of drug-likeness (QED) is 0.581. The summed E-state index contributed by atoms with van der Waals surface area (Å²) in [4.78, 5) is 4.39. The first-order chi connectivity index (χ1) is 8.18. The molecule has 90 valence electrons. The van der Waals surface area contributed by atoms with Gasteiger partial charge in [0.25, 0.3) is 0 Å². The Bertz CT molecular complexity index is 390. The van der Waals surface area contributed by atoms with Crippen molar-refractivity contribution in [1.82, 2.24) is 5.32 Å². The fourth-order valence-corrected chi connectivity index (χ4v) is 2.27. The number of hydrogen-bond acceptors (Lipinski definition) is 3. The van der Waals surface area contributed by atoms with Gasteiger partial charge in [0.1, 0.15) is 11.8 Å². The van der Waals surface area contributed by atoms with Gasteiger partial charge in [-0.1, -0.05) is 32.1 Å². The summed E-state index contributed by atoms with van der Waals surface area (Å²) < 4.78 is 0. The standard InChI is InChI=1S/C14H19N3/c1-4-8-13(17-12(3)11-15)14(16-5-2)9-6-7-10-14/h4-5,8,16H,1-2,6-7,9-10H2,3H3/b13-8-,17-12?. The van der Waals surface area contributed by atoms with Crippen molar-refractivity contribution < 1.29 is 0 Å². The maximum Gasteiger partial charge on any atom is 0.115 e. The normalized spacial score (nSPS) is 19.5. The molecule has 0 amide bonds. The van der Waals surface area contributed by atoms with Gasteiger partial charge in [-0.15, -0.1) is 0 Å². The Balaban J connectivity index is 3.12. The number of aliphatic imine (C=N–C) groups is 1. The van der Waals surface area contributed by atoms with Crippen molar-refractivity contribution in [2.75, 3.05) is 0 Å². The van der Waals surface area contributed by atoms with Gasteiger partial charge in [-0.25, -0.2) is 4.99 Å². The van der Waals surface area contributed by atoms with E-state index in [1.165, 1.54) is 0 Å². The van der Waals surface area contributed by atoms with E-state index in [2.05, 4.69) is 29.5 Å². The van der Waals surface area contributed by atoms with Crippen LogP contribution in [0.15, 0.2) is 42.2 Å². The summed E-state index contributed by atoms with van der Waals surface area (Å²) in [6, 6.07) is 2.06. The molecule has 3 nitrogen and oxygen atoms in total. The molecule has 1 saturated carbocycles. The summed E-state index contributed by atoms with van der Waals surface area (Å²) >= 11 is 0. The molecule has 0 saturated heterocycles. The Morgan fingerprint density at radius 3 is 2.53 bits per heavy atom. The summed E-state index contributed by atoms with van der Waals surface area (Å²) in [6.07, 6.45) is 9.66. The van der Waals surface area contributed by atoms with Crippen LogP contribution in [-0.4, -0.2) is 11.3 Å². The van der Waals surface area contributed by atoms with E-state index in [-0.39, 0.29) is 5.54 Å². The predicted octanol–water partition coefficient (Wildman–Crippen LogP) is 3.09. The van der Waals surface area contributed by atoms with Gasteiger partial charge in [0.05, 0.1) is 11.2 Å². The largest absolute Gasteiger partial charge is 0.380 e. The smallest absolute Gasteiger partial charge is 0.115 e. The summed E-state index contributed by atoms with van der Waals surface area (Å²) in [5, 5.41) is 12.1. The van der Waals surface area contributed by atoms with Crippen LogP contribution in [0.1, 0.15) is 32.6 Å². The lowest BCUT2D eigenvalue weighted by Gasteiger charge is -2.30. The zero-order chi connectivity index (χ0) is 12.7. The van der Waals surface area contributed by atoms with E-state index < -0.39 is 0 Å². The zero-order valence-electron chi connectivity index (χ0n) is 10.4. The molecule has 3 heteroatoms. The van der Waals surface area contributed by atoms with Crippen LogP contribution in [0.3, 0.4) is 0 Å². The van der Waals surface area contributed by atoms with Crippen LogP contribution in [0.4, 0.5) is 0 Å². The second-order valence-corrected chi connectivity index (χ2v) is 4.23. The molecule has 1 aliphatic carbocycles. The van der Waals surface area contributed by atoms with Crippen molar-refractivity contribution in [2.45, 2.75) is 38.1 Å². The molecule has 1 rings (SSSR count). The summed E-state index contributed by atoms with van der Waals surface area (Å²) in [5.74, 6) is 0. The lowest BCUT2D eigenvalue weighted by molar-refractivity contribution is 0.439. The molecule has 0 unspecified atom stereocenters. The van der Waals surface area contributed by atoms with E-state index >= 15 is 0 Å². The highest BCUT2D eigenvalue weighted by molar-refractivity contribution is 5.97. The first kappa shape index (κ1) is 13.2. The van der Waals surface area contributed by atoms with Crippen molar-refractivity contribution in [3.63, 3.8) is 0 Å². The lowest BCUT2D eigenvalue weighted by atomic mass is 9.92. The summed E-state index contributed by atoms with van der Waals surface area (Å²) in [6.45, 7) is 9.16. The maximum atomic E-state index is 8.83.